The number of nitrogens with one attached hydrogen (secondary N) is 1. The van der Waals surface area contributed by atoms with E-state index in [-0.39, 0.29) is 0 Å². The first kappa shape index (κ1) is 11.0. The zero-order valence-corrected chi connectivity index (χ0v) is 10.5. The zero-order valence-electron chi connectivity index (χ0n) is 9.66. The van der Waals surface area contributed by atoms with Crippen molar-refractivity contribution in [1.82, 2.24) is 15.2 Å². The maximum Gasteiger partial charge on any atom is 0.0897 e. The van der Waals surface area contributed by atoms with Gasteiger partial charge in [-0.3, -0.25) is 0 Å². The minimum Gasteiger partial charge on any atom is -0.305 e. The second kappa shape index (κ2) is 4.60. The SMILES string of the molecule is Cc1ncc(C(C)NC2CCN(C)C2)s1. The Bertz CT molecular complexity index is 323. The highest BCUT2D eigenvalue weighted by atomic mass is 32.1. The van der Waals surface area contributed by atoms with Crippen molar-refractivity contribution in [2.75, 3.05) is 20.1 Å². The Labute approximate surface area is 95.5 Å². The van der Waals surface area contributed by atoms with E-state index in [0.29, 0.717) is 12.1 Å². The number of likely N-dealkylation sites (tertiary alicyclic amines) is 1. The lowest BCUT2D eigenvalue weighted by Gasteiger charge is -2.17. The van der Waals surface area contributed by atoms with Gasteiger partial charge in [-0.15, -0.1) is 11.3 Å². The largest absolute Gasteiger partial charge is 0.305 e. The van der Waals surface area contributed by atoms with Gasteiger partial charge in [-0.25, -0.2) is 4.98 Å². The normalized spacial score (nSPS) is 24.6. The van der Waals surface area contributed by atoms with E-state index < -0.39 is 0 Å². The molecular formula is C11H19N3S. The Hall–Kier alpha value is -0.450. The monoisotopic (exact) mass is 225 g/mol. The number of nitrogens with zero attached hydrogens (tertiary/aromatic N) is 2. The molecule has 1 aromatic heterocycles. The maximum atomic E-state index is 4.30. The second-order valence-electron chi connectivity index (χ2n) is 4.42. The van der Waals surface area contributed by atoms with Gasteiger partial charge in [0, 0.05) is 29.7 Å². The summed E-state index contributed by atoms with van der Waals surface area (Å²) in [6.07, 6.45) is 3.26. The summed E-state index contributed by atoms with van der Waals surface area (Å²) in [6.45, 7) is 6.67. The molecule has 2 heterocycles. The molecule has 0 amide bonds. The molecule has 1 aliphatic rings. The van der Waals surface area contributed by atoms with Gasteiger partial charge in [0.1, 0.15) is 0 Å². The van der Waals surface area contributed by atoms with E-state index in [4.69, 9.17) is 0 Å². The van der Waals surface area contributed by atoms with Gasteiger partial charge in [-0.2, -0.15) is 0 Å². The van der Waals surface area contributed by atoms with Crippen molar-refractivity contribution in [1.29, 1.82) is 0 Å². The smallest absolute Gasteiger partial charge is 0.0897 e. The van der Waals surface area contributed by atoms with Gasteiger partial charge in [0.2, 0.25) is 0 Å². The summed E-state index contributed by atoms with van der Waals surface area (Å²) in [5, 5.41) is 4.82. The molecule has 1 aliphatic heterocycles. The van der Waals surface area contributed by atoms with Crippen LogP contribution in [0.1, 0.15) is 29.3 Å². The number of aryl methyl sites for hydroxylation is 1. The Morgan fingerprint density at radius 1 is 1.67 bits per heavy atom. The maximum absolute atomic E-state index is 4.30. The molecule has 0 bridgehead atoms. The topological polar surface area (TPSA) is 28.2 Å². The highest BCUT2D eigenvalue weighted by Crippen LogP contribution is 2.21. The predicted molar refractivity (Wildman–Crippen MR) is 64.3 cm³/mol. The molecule has 0 aromatic carbocycles. The predicted octanol–water partition coefficient (Wildman–Crippen LogP) is 1.81. The van der Waals surface area contributed by atoms with E-state index in [9.17, 15) is 0 Å². The van der Waals surface area contributed by atoms with Crippen LogP contribution in [0.25, 0.3) is 0 Å². The fraction of sp³-hybridized carbons (Fsp3) is 0.727. The number of aromatic nitrogens is 1. The molecule has 1 aromatic rings. The van der Waals surface area contributed by atoms with Gasteiger partial charge in [0.25, 0.3) is 0 Å². The molecule has 1 N–H and O–H groups in total. The Kier molecular flexibility index (Phi) is 3.38. The average Bonchev–Trinajstić information content (AvgIpc) is 2.75. The first-order valence-electron chi connectivity index (χ1n) is 5.52. The van der Waals surface area contributed by atoms with E-state index in [0.717, 1.165) is 5.01 Å². The number of likely N-dealkylation sites (N-methyl/N-ethyl adjacent to an activating group) is 1. The van der Waals surface area contributed by atoms with Crippen molar-refractivity contribution in [3.8, 4) is 0 Å². The van der Waals surface area contributed by atoms with Crippen LogP contribution < -0.4 is 5.32 Å². The van der Waals surface area contributed by atoms with E-state index in [1.807, 2.05) is 6.20 Å². The molecule has 3 nitrogen and oxygen atoms in total. The van der Waals surface area contributed by atoms with Crippen LogP contribution >= 0.6 is 11.3 Å². The fourth-order valence-electron chi connectivity index (χ4n) is 2.08. The molecule has 2 rings (SSSR count). The molecule has 0 saturated carbocycles. The van der Waals surface area contributed by atoms with Crippen LogP contribution in [-0.4, -0.2) is 36.1 Å². The Morgan fingerprint density at radius 3 is 3.00 bits per heavy atom. The fourth-order valence-corrected chi connectivity index (χ4v) is 2.88. The first-order chi connectivity index (χ1) is 7.15. The third kappa shape index (κ3) is 2.77. The quantitative estimate of drug-likeness (QED) is 0.850. The van der Waals surface area contributed by atoms with Crippen molar-refractivity contribution < 1.29 is 0 Å². The van der Waals surface area contributed by atoms with E-state index in [2.05, 4.69) is 36.1 Å². The summed E-state index contributed by atoms with van der Waals surface area (Å²) < 4.78 is 0. The molecule has 0 spiro atoms. The van der Waals surface area contributed by atoms with E-state index in [1.54, 1.807) is 11.3 Å². The zero-order chi connectivity index (χ0) is 10.8. The van der Waals surface area contributed by atoms with Crippen LogP contribution in [0, 0.1) is 6.92 Å². The van der Waals surface area contributed by atoms with Crippen molar-refractivity contribution in [2.24, 2.45) is 0 Å². The average molecular weight is 225 g/mol. The van der Waals surface area contributed by atoms with Crippen LogP contribution in [0.15, 0.2) is 6.20 Å². The molecule has 2 unspecified atom stereocenters. The molecule has 84 valence electrons. The molecule has 4 heteroatoms. The summed E-state index contributed by atoms with van der Waals surface area (Å²) in [7, 11) is 2.18. The van der Waals surface area contributed by atoms with Crippen molar-refractivity contribution >= 4 is 11.3 Å². The third-order valence-corrected chi connectivity index (χ3v) is 4.04. The van der Waals surface area contributed by atoms with Gasteiger partial charge in [0.15, 0.2) is 0 Å². The highest BCUT2D eigenvalue weighted by molar-refractivity contribution is 7.11. The first-order valence-corrected chi connectivity index (χ1v) is 6.33. The van der Waals surface area contributed by atoms with E-state index in [1.165, 1.54) is 24.4 Å². The van der Waals surface area contributed by atoms with Crippen LogP contribution in [0.4, 0.5) is 0 Å². The Morgan fingerprint density at radius 2 is 2.47 bits per heavy atom. The summed E-state index contributed by atoms with van der Waals surface area (Å²) in [6, 6.07) is 1.08. The highest BCUT2D eigenvalue weighted by Gasteiger charge is 2.21. The van der Waals surface area contributed by atoms with Crippen molar-refractivity contribution in [3.63, 3.8) is 0 Å². The molecule has 2 atom stereocenters. The standard InChI is InChI=1S/C11H19N3S/c1-8(11-6-12-9(2)15-11)13-10-4-5-14(3)7-10/h6,8,10,13H,4-5,7H2,1-3H3. The molecule has 1 saturated heterocycles. The number of thiazole rings is 1. The molecule has 0 aliphatic carbocycles. The molecule has 0 radical (unpaired) electrons. The molecular weight excluding hydrogens is 206 g/mol. The number of rotatable bonds is 3. The lowest BCUT2D eigenvalue weighted by atomic mass is 10.2. The van der Waals surface area contributed by atoms with Crippen LogP contribution in [-0.2, 0) is 0 Å². The van der Waals surface area contributed by atoms with E-state index >= 15 is 0 Å². The summed E-state index contributed by atoms with van der Waals surface area (Å²) in [5.41, 5.74) is 0. The second-order valence-corrected chi connectivity index (χ2v) is 5.68. The van der Waals surface area contributed by atoms with Crippen LogP contribution in [0.3, 0.4) is 0 Å². The summed E-state index contributed by atoms with van der Waals surface area (Å²) in [4.78, 5) is 8.02. The lowest BCUT2D eigenvalue weighted by molar-refractivity contribution is 0.388. The van der Waals surface area contributed by atoms with Gasteiger partial charge in [-0.1, -0.05) is 0 Å². The minimum absolute atomic E-state index is 0.438. The number of hydrogen-bond acceptors (Lipinski definition) is 4. The number of hydrogen-bond donors (Lipinski definition) is 1. The van der Waals surface area contributed by atoms with Crippen molar-refractivity contribution in [3.05, 3.63) is 16.1 Å². The third-order valence-electron chi connectivity index (χ3n) is 2.94. The summed E-state index contributed by atoms with van der Waals surface area (Å²) in [5.74, 6) is 0. The Balaban J connectivity index is 1.89. The molecule has 1 fully saturated rings. The van der Waals surface area contributed by atoms with Gasteiger partial charge in [0.05, 0.1) is 5.01 Å². The van der Waals surface area contributed by atoms with Gasteiger partial charge in [-0.05, 0) is 33.9 Å². The minimum atomic E-state index is 0.438. The van der Waals surface area contributed by atoms with Gasteiger partial charge >= 0.3 is 0 Å². The lowest BCUT2D eigenvalue weighted by Crippen LogP contribution is -2.33. The van der Waals surface area contributed by atoms with Gasteiger partial charge < -0.3 is 10.2 Å². The van der Waals surface area contributed by atoms with Crippen LogP contribution in [0.2, 0.25) is 0 Å². The van der Waals surface area contributed by atoms with Crippen LogP contribution in [0.5, 0.6) is 0 Å². The summed E-state index contributed by atoms with van der Waals surface area (Å²) >= 11 is 1.79. The molecule has 15 heavy (non-hydrogen) atoms. The van der Waals surface area contributed by atoms with Crippen molar-refractivity contribution in [2.45, 2.75) is 32.4 Å².